The van der Waals surface area contributed by atoms with Gasteiger partial charge in [0, 0.05) is 0 Å². The third-order valence-electron chi connectivity index (χ3n) is 3.16. The number of aromatic hydroxyl groups is 2. The van der Waals surface area contributed by atoms with Crippen molar-refractivity contribution in [1.29, 1.82) is 0 Å². The molecule has 0 aromatic heterocycles. The summed E-state index contributed by atoms with van der Waals surface area (Å²) >= 11 is 5.76. The fraction of sp³-hybridized carbons (Fsp3) is 0.200. The Kier molecular flexibility index (Phi) is 4.16. The molecule has 0 fully saturated rings. The van der Waals surface area contributed by atoms with Crippen LogP contribution in [0, 0.1) is 0 Å². The van der Waals surface area contributed by atoms with Crippen molar-refractivity contribution in [2.24, 2.45) is 0 Å². The molecule has 2 rings (SSSR count). The van der Waals surface area contributed by atoms with E-state index in [4.69, 9.17) is 11.6 Å². The first-order chi connectivity index (χ1) is 9.73. The molecule has 4 nitrogen and oxygen atoms in total. The molecule has 0 bridgehead atoms. The fourth-order valence-electron chi connectivity index (χ4n) is 1.95. The molecule has 0 unspecified atom stereocenters. The minimum atomic E-state index is -3.76. The van der Waals surface area contributed by atoms with Crippen LogP contribution in [0.4, 0.5) is 0 Å². The van der Waals surface area contributed by atoms with Crippen molar-refractivity contribution < 1.29 is 18.6 Å². The number of rotatable bonds is 3. The maximum absolute atomic E-state index is 12.6. The predicted molar refractivity (Wildman–Crippen MR) is 80.8 cm³/mol. The number of hydrogen-bond acceptors (Lipinski definition) is 4. The van der Waals surface area contributed by atoms with Gasteiger partial charge >= 0.3 is 0 Å². The Morgan fingerprint density at radius 2 is 1.48 bits per heavy atom. The molecule has 0 aliphatic heterocycles. The van der Waals surface area contributed by atoms with Gasteiger partial charge in [0.2, 0.25) is 9.84 Å². The molecule has 6 heteroatoms. The van der Waals surface area contributed by atoms with Crippen molar-refractivity contribution in [1.82, 2.24) is 0 Å². The highest BCUT2D eigenvalue weighted by molar-refractivity contribution is 7.91. The van der Waals surface area contributed by atoms with Crippen LogP contribution in [0.2, 0.25) is 5.02 Å². The highest BCUT2D eigenvalue weighted by Crippen LogP contribution is 2.32. The largest absolute Gasteiger partial charge is 0.508 e. The van der Waals surface area contributed by atoms with Crippen molar-refractivity contribution in [3.63, 3.8) is 0 Å². The summed E-state index contributed by atoms with van der Waals surface area (Å²) in [5, 5.41) is 19.1. The maximum Gasteiger partial charge on any atom is 0.206 e. The van der Waals surface area contributed by atoms with Crippen LogP contribution in [0.5, 0.6) is 11.5 Å². The van der Waals surface area contributed by atoms with Crippen LogP contribution in [0.3, 0.4) is 0 Å². The zero-order valence-electron chi connectivity index (χ0n) is 11.5. The normalized spacial score (nSPS) is 11.8. The van der Waals surface area contributed by atoms with Crippen LogP contribution in [0.1, 0.15) is 25.3 Å². The molecule has 112 valence electrons. The molecule has 0 saturated carbocycles. The molecule has 21 heavy (non-hydrogen) atoms. The van der Waals surface area contributed by atoms with Crippen molar-refractivity contribution in [3.8, 4) is 11.5 Å². The van der Waals surface area contributed by atoms with Crippen LogP contribution in [-0.2, 0) is 9.84 Å². The zero-order chi connectivity index (χ0) is 15.8. The number of phenols is 2. The number of benzene rings is 2. The smallest absolute Gasteiger partial charge is 0.206 e. The summed E-state index contributed by atoms with van der Waals surface area (Å²) in [6, 6.07) is 7.89. The Labute approximate surface area is 128 Å². The highest BCUT2D eigenvalue weighted by Gasteiger charge is 2.21. The lowest BCUT2D eigenvalue weighted by Gasteiger charge is -2.11. The molecule has 0 atom stereocenters. The van der Waals surface area contributed by atoms with E-state index in [1.807, 2.05) is 13.8 Å². The summed E-state index contributed by atoms with van der Waals surface area (Å²) in [5.74, 6) is -0.125. The number of phenolic OH excluding ortho intramolecular Hbond substituents is 2. The topological polar surface area (TPSA) is 74.6 Å². The molecule has 0 saturated heterocycles. The lowest BCUT2D eigenvalue weighted by Crippen LogP contribution is -2.03. The maximum atomic E-state index is 12.6. The average Bonchev–Trinajstić information content (AvgIpc) is 2.41. The molecule has 0 amide bonds. The van der Waals surface area contributed by atoms with E-state index in [1.165, 1.54) is 36.4 Å². The number of hydrogen-bond donors (Lipinski definition) is 2. The van der Waals surface area contributed by atoms with E-state index in [2.05, 4.69) is 0 Å². The molecule has 2 aromatic carbocycles. The van der Waals surface area contributed by atoms with Crippen LogP contribution in [-0.4, -0.2) is 18.6 Å². The Bertz CT molecular complexity index is 782. The Morgan fingerprint density at radius 1 is 0.952 bits per heavy atom. The minimum absolute atomic E-state index is 0.00861. The van der Waals surface area contributed by atoms with Gasteiger partial charge in [-0.15, -0.1) is 0 Å². The third kappa shape index (κ3) is 2.99. The molecular formula is C15H15ClO4S. The third-order valence-corrected chi connectivity index (χ3v) is 5.21. The van der Waals surface area contributed by atoms with Gasteiger partial charge in [-0.25, -0.2) is 8.42 Å². The van der Waals surface area contributed by atoms with Gasteiger partial charge in [-0.1, -0.05) is 25.4 Å². The van der Waals surface area contributed by atoms with E-state index in [1.54, 1.807) is 0 Å². The quantitative estimate of drug-likeness (QED) is 0.901. The van der Waals surface area contributed by atoms with E-state index in [9.17, 15) is 18.6 Å². The summed E-state index contributed by atoms with van der Waals surface area (Å²) in [5.41, 5.74) is 0.556. The number of sulfone groups is 1. The van der Waals surface area contributed by atoms with Crippen LogP contribution < -0.4 is 0 Å². The van der Waals surface area contributed by atoms with Gasteiger partial charge in [-0.2, -0.15) is 0 Å². The van der Waals surface area contributed by atoms with E-state index < -0.39 is 9.84 Å². The van der Waals surface area contributed by atoms with E-state index >= 15 is 0 Å². The molecule has 2 N–H and O–H groups in total. The molecule has 0 spiro atoms. The number of halogens is 1. The minimum Gasteiger partial charge on any atom is -0.508 e. The highest BCUT2D eigenvalue weighted by atomic mass is 35.5. The second-order valence-corrected chi connectivity index (χ2v) is 7.35. The Hall–Kier alpha value is -1.72. The summed E-state index contributed by atoms with van der Waals surface area (Å²) < 4.78 is 25.1. The van der Waals surface area contributed by atoms with Crippen molar-refractivity contribution in [2.45, 2.75) is 29.6 Å². The predicted octanol–water partition coefficient (Wildman–Crippen LogP) is 3.71. The lowest BCUT2D eigenvalue weighted by molar-refractivity contribution is 0.464. The van der Waals surface area contributed by atoms with Gasteiger partial charge in [-0.05, 0) is 47.9 Å². The summed E-state index contributed by atoms with van der Waals surface area (Å²) in [7, 11) is -3.76. The Morgan fingerprint density at radius 3 is 2.00 bits per heavy atom. The van der Waals surface area contributed by atoms with Gasteiger partial charge in [0.25, 0.3) is 0 Å². The van der Waals surface area contributed by atoms with Crippen LogP contribution in [0.15, 0.2) is 46.2 Å². The monoisotopic (exact) mass is 326 g/mol. The molecule has 0 aliphatic rings. The first kappa shape index (κ1) is 15.7. The van der Waals surface area contributed by atoms with Crippen molar-refractivity contribution in [2.75, 3.05) is 0 Å². The van der Waals surface area contributed by atoms with Gasteiger partial charge in [0.1, 0.15) is 11.5 Å². The van der Waals surface area contributed by atoms with Gasteiger partial charge in [0.05, 0.1) is 14.8 Å². The summed E-state index contributed by atoms with van der Waals surface area (Å²) in [4.78, 5) is 0.0662. The first-order valence-electron chi connectivity index (χ1n) is 6.30. The van der Waals surface area contributed by atoms with E-state index in [-0.39, 0.29) is 32.2 Å². The van der Waals surface area contributed by atoms with Crippen LogP contribution in [0.25, 0.3) is 0 Å². The standard InChI is InChI=1S/C15H15ClO4S/c1-9(2)12-7-10(3-5-14(12)17)21(19,20)11-4-6-15(18)13(16)8-11/h3-9,17-18H,1-2H3. The van der Waals surface area contributed by atoms with Crippen LogP contribution >= 0.6 is 11.6 Å². The van der Waals surface area contributed by atoms with E-state index in [0.29, 0.717) is 5.56 Å². The molecule has 0 aliphatic carbocycles. The van der Waals surface area contributed by atoms with E-state index in [0.717, 1.165) is 0 Å². The lowest BCUT2D eigenvalue weighted by atomic mass is 10.0. The fourth-order valence-corrected chi connectivity index (χ4v) is 3.52. The second-order valence-electron chi connectivity index (χ2n) is 4.99. The SMILES string of the molecule is CC(C)c1cc(S(=O)(=O)c2ccc(O)c(Cl)c2)ccc1O. The van der Waals surface area contributed by atoms with Gasteiger partial charge < -0.3 is 10.2 Å². The summed E-state index contributed by atoms with van der Waals surface area (Å²) in [6.07, 6.45) is 0. The van der Waals surface area contributed by atoms with Crippen molar-refractivity contribution >= 4 is 21.4 Å². The Balaban J connectivity index is 2.58. The molecule has 0 heterocycles. The zero-order valence-corrected chi connectivity index (χ0v) is 13.1. The molecule has 2 aromatic rings. The van der Waals surface area contributed by atoms with Gasteiger partial charge in [0.15, 0.2) is 0 Å². The second kappa shape index (κ2) is 5.58. The summed E-state index contributed by atoms with van der Waals surface area (Å²) in [6.45, 7) is 3.73. The average molecular weight is 327 g/mol. The van der Waals surface area contributed by atoms with Crippen molar-refractivity contribution in [3.05, 3.63) is 47.0 Å². The first-order valence-corrected chi connectivity index (χ1v) is 8.16. The van der Waals surface area contributed by atoms with Gasteiger partial charge in [-0.3, -0.25) is 0 Å². The molecular weight excluding hydrogens is 312 g/mol. The molecule has 0 radical (unpaired) electrons.